The van der Waals surface area contributed by atoms with E-state index in [-0.39, 0.29) is 23.5 Å². The highest BCUT2D eigenvalue weighted by atomic mass is 19.1. The van der Waals surface area contributed by atoms with E-state index < -0.39 is 11.6 Å². The van der Waals surface area contributed by atoms with E-state index >= 15 is 0 Å². The molecule has 0 aliphatic carbocycles. The molecule has 0 spiro atoms. The normalized spacial score (nSPS) is 16.6. The van der Waals surface area contributed by atoms with Crippen LogP contribution in [0.1, 0.15) is 11.1 Å². The average Bonchev–Trinajstić information content (AvgIpc) is 3.00. The number of benzene rings is 2. The Bertz CT molecular complexity index is 1250. The van der Waals surface area contributed by atoms with Gasteiger partial charge < -0.3 is 24.4 Å². The number of hydrogen-bond acceptors (Lipinski definition) is 9. The van der Waals surface area contributed by atoms with Gasteiger partial charge in [-0.3, -0.25) is 9.80 Å². The van der Waals surface area contributed by atoms with E-state index in [0.29, 0.717) is 11.7 Å². The van der Waals surface area contributed by atoms with Crippen molar-refractivity contribution in [2.75, 3.05) is 82.9 Å². The van der Waals surface area contributed by atoms with E-state index in [2.05, 4.69) is 42.1 Å². The van der Waals surface area contributed by atoms with Gasteiger partial charge in [-0.15, -0.1) is 0 Å². The number of ether oxygens (including phenoxy) is 3. The highest BCUT2D eigenvalue weighted by Crippen LogP contribution is 2.27. The van der Waals surface area contributed by atoms with Crippen LogP contribution in [-0.2, 0) is 11.3 Å². The first-order valence-corrected chi connectivity index (χ1v) is 13.6. The van der Waals surface area contributed by atoms with Gasteiger partial charge in [0.15, 0.2) is 17.3 Å². The quantitative estimate of drug-likeness (QED) is 0.402. The van der Waals surface area contributed by atoms with E-state index in [1.807, 2.05) is 12.1 Å². The Morgan fingerprint density at radius 2 is 1.55 bits per heavy atom. The van der Waals surface area contributed by atoms with E-state index in [0.717, 1.165) is 71.3 Å². The number of aryl methyl sites for hydroxylation is 1. The van der Waals surface area contributed by atoms with Gasteiger partial charge in [0.1, 0.15) is 12.4 Å². The first kappa shape index (κ1) is 28.0. The third-order valence-corrected chi connectivity index (χ3v) is 7.37. The van der Waals surface area contributed by atoms with E-state index in [1.165, 1.54) is 31.3 Å². The molecule has 40 heavy (non-hydrogen) atoms. The number of halogens is 2. The molecule has 11 heteroatoms. The molecule has 3 aromatic rings. The van der Waals surface area contributed by atoms with Crippen LogP contribution in [0.5, 0.6) is 11.5 Å². The highest BCUT2D eigenvalue weighted by Gasteiger charge is 2.20. The van der Waals surface area contributed by atoms with Gasteiger partial charge in [0.25, 0.3) is 0 Å². The van der Waals surface area contributed by atoms with Crippen molar-refractivity contribution in [2.24, 2.45) is 0 Å². The van der Waals surface area contributed by atoms with Crippen LogP contribution in [0.2, 0.25) is 0 Å². The van der Waals surface area contributed by atoms with Crippen LogP contribution in [0.25, 0.3) is 0 Å². The second-order valence-electron chi connectivity index (χ2n) is 9.99. The summed E-state index contributed by atoms with van der Waals surface area (Å²) in [7, 11) is 1.34. The third kappa shape index (κ3) is 6.96. The van der Waals surface area contributed by atoms with Gasteiger partial charge in [-0.25, -0.2) is 18.7 Å². The molecule has 2 fully saturated rings. The number of rotatable bonds is 10. The summed E-state index contributed by atoms with van der Waals surface area (Å²) in [5, 5.41) is 3.18. The number of hydrogen-bond donors (Lipinski definition) is 1. The molecule has 2 aromatic carbocycles. The second kappa shape index (κ2) is 13.2. The fourth-order valence-electron chi connectivity index (χ4n) is 4.91. The van der Waals surface area contributed by atoms with Crippen LogP contribution in [0.4, 0.5) is 26.1 Å². The van der Waals surface area contributed by atoms with Crippen LogP contribution >= 0.6 is 0 Å². The molecule has 9 nitrogen and oxygen atoms in total. The fourth-order valence-corrected chi connectivity index (χ4v) is 4.91. The van der Waals surface area contributed by atoms with Gasteiger partial charge in [-0.1, -0.05) is 0 Å². The van der Waals surface area contributed by atoms with Gasteiger partial charge in [0.2, 0.25) is 5.95 Å². The van der Waals surface area contributed by atoms with Crippen molar-refractivity contribution < 1.29 is 23.0 Å². The van der Waals surface area contributed by atoms with Gasteiger partial charge >= 0.3 is 0 Å². The minimum absolute atomic E-state index is 0.0268. The molecule has 0 radical (unpaired) electrons. The lowest BCUT2D eigenvalue weighted by atomic mass is 10.1. The molecule has 5 rings (SSSR count). The molecule has 1 aromatic heterocycles. The smallest absolute Gasteiger partial charge is 0.227 e. The Kier molecular flexibility index (Phi) is 9.25. The summed E-state index contributed by atoms with van der Waals surface area (Å²) >= 11 is 0. The predicted octanol–water partition coefficient (Wildman–Crippen LogP) is 3.85. The van der Waals surface area contributed by atoms with Gasteiger partial charge in [-0.2, -0.15) is 0 Å². The monoisotopic (exact) mass is 554 g/mol. The van der Waals surface area contributed by atoms with Crippen molar-refractivity contribution in [1.29, 1.82) is 0 Å². The lowest BCUT2D eigenvalue weighted by Crippen LogP contribution is -2.49. The molecular weight excluding hydrogens is 518 g/mol. The first-order chi connectivity index (χ1) is 19.5. The summed E-state index contributed by atoms with van der Waals surface area (Å²) < 4.78 is 44.9. The summed E-state index contributed by atoms with van der Waals surface area (Å²) in [5.74, 6) is -0.778. The molecule has 0 bridgehead atoms. The minimum atomic E-state index is -0.779. The zero-order valence-corrected chi connectivity index (χ0v) is 23.0. The molecule has 2 aliphatic rings. The zero-order chi connectivity index (χ0) is 27.9. The van der Waals surface area contributed by atoms with Crippen LogP contribution < -0.4 is 19.7 Å². The third-order valence-electron chi connectivity index (χ3n) is 7.37. The fraction of sp³-hybridized carbons (Fsp3) is 0.448. The molecule has 3 heterocycles. The SMILES string of the molecule is COc1cc(C)c(F)c(COc2cnc(Nc3ccc(N4CCN(CCN5CCOCC5)CC4)cc3)nc2)c1F. The van der Waals surface area contributed by atoms with Gasteiger partial charge in [0.05, 0.1) is 38.3 Å². The van der Waals surface area contributed by atoms with Crippen LogP contribution in [0, 0.1) is 18.6 Å². The summed E-state index contributed by atoms with van der Waals surface area (Å²) in [5.41, 5.74) is 2.13. The average molecular weight is 555 g/mol. The Morgan fingerprint density at radius 3 is 2.20 bits per heavy atom. The molecule has 0 atom stereocenters. The lowest BCUT2D eigenvalue weighted by molar-refractivity contribution is 0.0331. The van der Waals surface area contributed by atoms with Crippen LogP contribution in [-0.4, -0.2) is 92.4 Å². The van der Waals surface area contributed by atoms with Crippen LogP contribution in [0.3, 0.4) is 0 Å². The van der Waals surface area contributed by atoms with E-state index in [4.69, 9.17) is 14.2 Å². The molecular formula is C29H36F2N6O3. The lowest BCUT2D eigenvalue weighted by Gasteiger charge is -2.37. The topological polar surface area (TPSA) is 75.2 Å². The number of morpholine rings is 1. The molecule has 0 amide bonds. The molecule has 0 saturated carbocycles. The van der Waals surface area contributed by atoms with Crippen LogP contribution in [0.15, 0.2) is 42.7 Å². The maximum absolute atomic E-state index is 14.5. The van der Waals surface area contributed by atoms with Crippen molar-refractivity contribution in [2.45, 2.75) is 13.5 Å². The minimum Gasteiger partial charge on any atom is -0.494 e. The highest BCUT2D eigenvalue weighted by molar-refractivity contribution is 5.59. The second-order valence-corrected chi connectivity index (χ2v) is 9.99. The van der Waals surface area contributed by atoms with Crippen molar-refractivity contribution >= 4 is 17.3 Å². The van der Waals surface area contributed by atoms with Gasteiger partial charge in [-0.05, 0) is 42.8 Å². The molecule has 214 valence electrons. The summed E-state index contributed by atoms with van der Waals surface area (Å²) in [4.78, 5) is 16.0. The molecule has 1 N–H and O–H groups in total. The number of methoxy groups -OCH3 is 1. The number of piperazine rings is 1. The maximum atomic E-state index is 14.5. The molecule has 2 aliphatic heterocycles. The Hall–Kier alpha value is -3.54. The predicted molar refractivity (Wildman–Crippen MR) is 150 cm³/mol. The number of anilines is 3. The Balaban J connectivity index is 1.09. The Labute approximate surface area is 233 Å². The number of nitrogens with zero attached hydrogens (tertiary/aromatic N) is 5. The Morgan fingerprint density at radius 1 is 0.900 bits per heavy atom. The van der Waals surface area contributed by atoms with Crippen molar-refractivity contribution in [3.05, 3.63) is 65.5 Å². The standard InChI is InChI=1S/C29H36F2N6O3/c1-21-17-26(38-2)28(31)25(27(21)30)20-40-24-18-32-29(33-19-24)34-22-3-5-23(6-4-22)37-11-9-35(10-12-37)7-8-36-13-15-39-16-14-36/h3-6,17-19H,7-16,20H2,1-2H3,(H,32,33,34). The first-order valence-electron chi connectivity index (χ1n) is 13.6. The summed E-state index contributed by atoms with van der Waals surface area (Å²) in [6, 6.07) is 9.53. The van der Waals surface area contributed by atoms with E-state index in [9.17, 15) is 8.78 Å². The van der Waals surface area contributed by atoms with Crippen molar-refractivity contribution in [1.82, 2.24) is 19.8 Å². The summed E-state index contributed by atoms with van der Waals surface area (Å²) in [6.45, 7) is 11.3. The maximum Gasteiger partial charge on any atom is 0.227 e. The van der Waals surface area contributed by atoms with E-state index in [1.54, 1.807) is 6.92 Å². The largest absolute Gasteiger partial charge is 0.494 e. The number of aromatic nitrogens is 2. The number of nitrogens with one attached hydrogen (secondary N) is 1. The molecule has 0 unspecified atom stereocenters. The summed E-state index contributed by atoms with van der Waals surface area (Å²) in [6.07, 6.45) is 2.93. The molecule has 2 saturated heterocycles. The van der Waals surface area contributed by atoms with Crippen molar-refractivity contribution in [3.63, 3.8) is 0 Å². The zero-order valence-electron chi connectivity index (χ0n) is 23.0. The van der Waals surface area contributed by atoms with Gasteiger partial charge in [0, 0.05) is 63.7 Å². The van der Waals surface area contributed by atoms with Crippen molar-refractivity contribution in [3.8, 4) is 11.5 Å².